The van der Waals surface area contributed by atoms with Crippen LogP contribution in [-0.4, -0.2) is 22.5 Å². The third-order valence-electron chi connectivity index (χ3n) is 3.85. The van der Waals surface area contributed by atoms with E-state index in [4.69, 9.17) is 0 Å². The number of carbonyl (C=O) groups is 1. The zero-order chi connectivity index (χ0) is 14.7. The van der Waals surface area contributed by atoms with E-state index >= 15 is 0 Å². The van der Waals surface area contributed by atoms with Crippen molar-refractivity contribution in [1.29, 1.82) is 0 Å². The van der Waals surface area contributed by atoms with E-state index in [1.165, 1.54) is 0 Å². The minimum Gasteiger partial charge on any atom is -0.317 e. The van der Waals surface area contributed by atoms with Crippen LogP contribution in [0.15, 0.2) is 48.8 Å². The van der Waals surface area contributed by atoms with Gasteiger partial charge < -0.3 is 10.2 Å². The van der Waals surface area contributed by atoms with Gasteiger partial charge >= 0.3 is 6.03 Å². The predicted molar refractivity (Wildman–Crippen MR) is 83.1 cm³/mol. The molecule has 0 spiro atoms. The molecule has 1 aliphatic heterocycles. The highest BCUT2D eigenvalue weighted by Crippen LogP contribution is 2.31. The Hall–Kier alpha value is -2.36. The van der Waals surface area contributed by atoms with E-state index in [0.717, 1.165) is 36.2 Å². The van der Waals surface area contributed by atoms with Crippen LogP contribution in [0.4, 0.5) is 10.5 Å². The molecule has 4 heteroatoms. The molecule has 21 heavy (non-hydrogen) atoms. The SMILES string of the molecule is Cc1cccc(NC(=O)N2CCCC2c2cccnc2)c1. The Bertz CT molecular complexity index is 627. The summed E-state index contributed by atoms with van der Waals surface area (Å²) in [6.45, 7) is 2.81. The molecule has 1 saturated heterocycles. The number of anilines is 1. The Labute approximate surface area is 124 Å². The lowest BCUT2D eigenvalue weighted by Gasteiger charge is -2.25. The zero-order valence-corrected chi connectivity index (χ0v) is 12.1. The second kappa shape index (κ2) is 5.95. The number of aryl methyl sites for hydroxylation is 1. The molecular formula is C17H19N3O. The summed E-state index contributed by atoms with van der Waals surface area (Å²) in [6.07, 6.45) is 5.63. The van der Waals surface area contributed by atoms with Gasteiger partial charge in [0.2, 0.25) is 0 Å². The van der Waals surface area contributed by atoms with Gasteiger partial charge in [-0.1, -0.05) is 18.2 Å². The number of carbonyl (C=O) groups excluding carboxylic acids is 1. The number of urea groups is 1. The lowest BCUT2D eigenvalue weighted by Crippen LogP contribution is -2.34. The molecular weight excluding hydrogens is 262 g/mol. The summed E-state index contributed by atoms with van der Waals surface area (Å²) < 4.78 is 0. The molecule has 0 aliphatic carbocycles. The number of aromatic nitrogens is 1. The zero-order valence-electron chi connectivity index (χ0n) is 12.1. The number of hydrogen-bond donors (Lipinski definition) is 1. The van der Waals surface area contributed by atoms with Gasteiger partial charge in [0.1, 0.15) is 0 Å². The van der Waals surface area contributed by atoms with Crippen LogP contribution >= 0.6 is 0 Å². The van der Waals surface area contributed by atoms with Gasteiger partial charge in [-0.3, -0.25) is 4.98 Å². The van der Waals surface area contributed by atoms with Crippen molar-refractivity contribution < 1.29 is 4.79 Å². The number of pyridine rings is 1. The second-order valence-electron chi connectivity index (χ2n) is 5.44. The van der Waals surface area contributed by atoms with Crippen molar-refractivity contribution in [1.82, 2.24) is 9.88 Å². The highest BCUT2D eigenvalue weighted by atomic mass is 16.2. The van der Waals surface area contributed by atoms with Crippen molar-refractivity contribution in [3.8, 4) is 0 Å². The molecule has 1 N–H and O–H groups in total. The number of benzene rings is 1. The Kier molecular flexibility index (Phi) is 3.86. The topological polar surface area (TPSA) is 45.2 Å². The highest BCUT2D eigenvalue weighted by Gasteiger charge is 2.30. The fraction of sp³-hybridized carbons (Fsp3) is 0.294. The number of amides is 2. The molecule has 0 saturated carbocycles. The molecule has 1 fully saturated rings. The number of rotatable bonds is 2. The van der Waals surface area contributed by atoms with Gasteiger partial charge in [0.25, 0.3) is 0 Å². The molecule has 1 atom stereocenters. The molecule has 0 radical (unpaired) electrons. The molecule has 0 bridgehead atoms. The van der Waals surface area contributed by atoms with Gasteiger partial charge in [0.05, 0.1) is 6.04 Å². The molecule has 2 aromatic rings. The summed E-state index contributed by atoms with van der Waals surface area (Å²) in [5.74, 6) is 0. The summed E-state index contributed by atoms with van der Waals surface area (Å²) in [5, 5.41) is 2.99. The van der Waals surface area contributed by atoms with Crippen molar-refractivity contribution in [2.24, 2.45) is 0 Å². The number of likely N-dealkylation sites (tertiary alicyclic amines) is 1. The molecule has 108 valence electrons. The smallest absolute Gasteiger partial charge is 0.317 e. The van der Waals surface area contributed by atoms with E-state index in [1.807, 2.05) is 54.4 Å². The summed E-state index contributed by atoms with van der Waals surface area (Å²) in [6, 6.07) is 11.9. The van der Waals surface area contributed by atoms with E-state index in [9.17, 15) is 4.79 Å². The average Bonchev–Trinajstić information content (AvgIpc) is 2.98. The van der Waals surface area contributed by atoms with E-state index in [1.54, 1.807) is 6.20 Å². The molecule has 1 aromatic carbocycles. The Morgan fingerprint density at radius 2 is 2.24 bits per heavy atom. The summed E-state index contributed by atoms with van der Waals surface area (Å²) in [7, 11) is 0. The second-order valence-corrected chi connectivity index (χ2v) is 5.44. The molecule has 1 aliphatic rings. The minimum atomic E-state index is -0.0352. The third kappa shape index (κ3) is 3.05. The van der Waals surface area contributed by atoms with E-state index < -0.39 is 0 Å². The van der Waals surface area contributed by atoms with E-state index in [2.05, 4.69) is 10.3 Å². The first kappa shape index (κ1) is 13.6. The summed E-state index contributed by atoms with van der Waals surface area (Å²) >= 11 is 0. The molecule has 2 heterocycles. The lowest BCUT2D eigenvalue weighted by atomic mass is 10.1. The first-order chi connectivity index (χ1) is 10.2. The standard InChI is InChI=1S/C17H19N3O/c1-13-5-2-7-15(11-13)19-17(21)20-10-4-8-16(20)14-6-3-9-18-12-14/h2-3,5-7,9,11-12,16H,4,8,10H2,1H3,(H,19,21). The molecule has 1 unspecified atom stereocenters. The van der Waals surface area contributed by atoms with Crippen LogP contribution in [-0.2, 0) is 0 Å². The first-order valence-electron chi connectivity index (χ1n) is 7.28. The maximum absolute atomic E-state index is 12.5. The summed E-state index contributed by atoms with van der Waals surface area (Å²) in [5.41, 5.74) is 3.09. The molecule has 1 aromatic heterocycles. The number of nitrogens with zero attached hydrogens (tertiary/aromatic N) is 2. The van der Waals surface area contributed by atoms with Gasteiger partial charge in [-0.05, 0) is 49.1 Å². The first-order valence-corrected chi connectivity index (χ1v) is 7.28. The number of hydrogen-bond acceptors (Lipinski definition) is 2. The normalized spacial score (nSPS) is 17.8. The van der Waals surface area contributed by atoms with Crippen molar-refractivity contribution >= 4 is 11.7 Å². The van der Waals surface area contributed by atoms with Crippen LogP contribution < -0.4 is 5.32 Å². The van der Waals surface area contributed by atoms with Crippen LogP contribution in [0.5, 0.6) is 0 Å². The van der Waals surface area contributed by atoms with Crippen LogP contribution in [0.25, 0.3) is 0 Å². The maximum atomic E-state index is 12.5. The highest BCUT2D eigenvalue weighted by molar-refractivity contribution is 5.89. The largest absolute Gasteiger partial charge is 0.322 e. The Balaban J connectivity index is 1.74. The van der Waals surface area contributed by atoms with Gasteiger partial charge in [0.15, 0.2) is 0 Å². The molecule has 4 nitrogen and oxygen atoms in total. The molecule has 2 amide bonds. The van der Waals surface area contributed by atoms with Gasteiger partial charge in [0, 0.05) is 24.6 Å². The number of nitrogens with one attached hydrogen (secondary N) is 1. The van der Waals surface area contributed by atoms with Gasteiger partial charge in [-0.25, -0.2) is 4.79 Å². The van der Waals surface area contributed by atoms with Crippen molar-refractivity contribution in [2.45, 2.75) is 25.8 Å². The van der Waals surface area contributed by atoms with E-state index in [0.29, 0.717) is 0 Å². The van der Waals surface area contributed by atoms with Gasteiger partial charge in [-0.15, -0.1) is 0 Å². The third-order valence-corrected chi connectivity index (χ3v) is 3.85. The van der Waals surface area contributed by atoms with Crippen LogP contribution in [0.3, 0.4) is 0 Å². The Morgan fingerprint density at radius 1 is 1.33 bits per heavy atom. The van der Waals surface area contributed by atoms with Crippen LogP contribution in [0.1, 0.15) is 30.0 Å². The quantitative estimate of drug-likeness (QED) is 0.911. The predicted octanol–water partition coefficient (Wildman–Crippen LogP) is 3.76. The van der Waals surface area contributed by atoms with Crippen molar-refractivity contribution in [2.75, 3.05) is 11.9 Å². The fourth-order valence-corrected chi connectivity index (χ4v) is 2.85. The van der Waals surface area contributed by atoms with Crippen LogP contribution in [0, 0.1) is 6.92 Å². The van der Waals surface area contributed by atoms with Crippen molar-refractivity contribution in [3.05, 3.63) is 59.9 Å². The summed E-state index contributed by atoms with van der Waals surface area (Å²) in [4.78, 5) is 18.6. The Morgan fingerprint density at radius 3 is 3.00 bits per heavy atom. The fourth-order valence-electron chi connectivity index (χ4n) is 2.85. The van der Waals surface area contributed by atoms with E-state index in [-0.39, 0.29) is 12.1 Å². The van der Waals surface area contributed by atoms with Gasteiger partial charge in [-0.2, -0.15) is 0 Å². The molecule has 3 rings (SSSR count). The van der Waals surface area contributed by atoms with Crippen LogP contribution in [0.2, 0.25) is 0 Å². The minimum absolute atomic E-state index is 0.0352. The monoisotopic (exact) mass is 281 g/mol. The lowest BCUT2D eigenvalue weighted by molar-refractivity contribution is 0.207. The average molecular weight is 281 g/mol. The van der Waals surface area contributed by atoms with Crippen molar-refractivity contribution in [3.63, 3.8) is 0 Å². The maximum Gasteiger partial charge on any atom is 0.322 e.